The second-order valence-electron chi connectivity index (χ2n) is 5.67. The van der Waals surface area contributed by atoms with Gasteiger partial charge in [-0.2, -0.15) is 0 Å². The number of halogens is 3. The lowest BCUT2D eigenvalue weighted by atomic mass is 10.1. The zero-order valence-corrected chi connectivity index (χ0v) is 16.1. The van der Waals surface area contributed by atoms with Crippen molar-refractivity contribution in [3.8, 4) is 0 Å². The van der Waals surface area contributed by atoms with E-state index in [0.717, 1.165) is 54.3 Å². The van der Waals surface area contributed by atoms with E-state index in [1.807, 2.05) is 24.3 Å². The van der Waals surface area contributed by atoms with Crippen LogP contribution in [-0.4, -0.2) is 27.9 Å². The highest BCUT2D eigenvalue weighted by Crippen LogP contribution is 2.20. The molecule has 0 aliphatic carbocycles. The van der Waals surface area contributed by atoms with E-state index < -0.39 is 5.82 Å². The van der Waals surface area contributed by atoms with Gasteiger partial charge in [-0.15, -0.1) is 24.8 Å². The van der Waals surface area contributed by atoms with Gasteiger partial charge in [0.1, 0.15) is 5.69 Å². The van der Waals surface area contributed by atoms with Crippen molar-refractivity contribution in [2.75, 3.05) is 11.9 Å². The van der Waals surface area contributed by atoms with Crippen LogP contribution in [0.3, 0.4) is 0 Å². The number of aromatic nitrogens is 2. The molecule has 3 rings (SSSR count). The van der Waals surface area contributed by atoms with Crippen LogP contribution in [0, 0.1) is 5.82 Å². The van der Waals surface area contributed by atoms with Gasteiger partial charge in [0, 0.05) is 29.5 Å². The first-order valence-electron chi connectivity index (χ1n) is 8.18. The fourth-order valence-electron chi connectivity index (χ4n) is 2.69. The first-order chi connectivity index (χ1) is 12.3. The lowest BCUT2D eigenvalue weighted by molar-refractivity contribution is 0.321. The average Bonchev–Trinajstić information content (AvgIpc) is 2.64. The van der Waals surface area contributed by atoms with Gasteiger partial charge in [0.05, 0.1) is 11.7 Å². The number of fused-ring (bicyclic) bond motifs is 1. The Morgan fingerprint density at radius 2 is 1.89 bits per heavy atom. The molecule has 0 fully saturated rings. The fourth-order valence-corrected chi connectivity index (χ4v) is 2.69. The van der Waals surface area contributed by atoms with E-state index >= 15 is 0 Å². The molecule has 0 amide bonds. The Morgan fingerprint density at radius 3 is 2.70 bits per heavy atom. The summed E-state index contributed by atoms with van der Waals surface area (Å²) in [6.07, 6.45) is 5.43. The van der Waals surface area contributed by atoms with Crippen molar-refractivity contribution in [2.45, 2.75) is 19.3 Å². The smallest absolute Gasteiger partial charge is 0.150 e. The number of para-hydroxylation sites is 1. The summed E-state index contributed by atoms with van der Waals surface area (Å²) in [5.41, 5.74) is 2.89. The summed E-state index contributed by atoms with van der Waals surface area (Å²) in [4.78, 5) is 8.49. The van der Waals surface area contributed by atoms with E-state index in [0.29, 0.717) is 0 Å². The highest BCUT2D eigenvalue weighted by Gasteiger charge is 2.04. The molecule has 2 N–H and O–H groups in total. The van der Waals surface area contributed by atoms with Crippen LogP contribution >= 0.6 is 24.8 Å². The van der Waals surface area contributed by atoms with Gasteiger partial charge in [-0.25, -0.2) is 9.37 Å². The summed E-state index contributed by atoms with van der Waals surface area (Å²) in [7, 11) is 0. The number of unbranched alkanes of at least 4 members (excludes halogenated alkanes) is 1. The minimum Gasteiger partial charge on any atom is -0.411 e. The molecule has 5 nitrogen and oxygen atoms in total. The molecule has 1 aromatic carbocycles. The molecule has 3 aromatic rings. The second-order valence-corrected chi connectivity index (χ2v) is 5.67. The van der Waals surface area contributed by atoms with E-state index in [2.05, 4.69) is 26.5 Å². The van der Waals surface area contributed by atoms with Crippen molar-refractivity contribution in [2.24, 2.45) is 5.16 Å². The van der Waals surface area contributed by atoms with Crippen molar-refractivity contribution < 1.29 is 9.60 Å². The molecule has 144 valence electrons. The number of hydrogen-bond acceptors (Lipinski definition) is 5. The maximum atomic E-state index is 13.4. The third kappa shape index (κ3) is 6.05. The summed E-state index contributed by atoms with van der Waals surface area (Å²) >= 11 is 0. The maximum Gasteiger partial charge on any atom is 0.150 e. The minimum absolute atomic E-state index is 0. The number of aryl methyl sites for hydroxylation is 1. The van der Waals surface area contributed by atoms with Gasteiger partial charge in [-0.3, -0.25) is 4.98 Å². The number of benzene rings is 1. The van der Waals surface area contributed by atoms with Gasteiger partial charge in [-0.1, -0.05) is 23.4 Å². The highest BCUT2D eigenvalue weighted by molar-refractivity contribution is 5.90. The van der Waals surface area contributed by atoms with Crippen molar-refractivity contribution in [1.82, 2.24) is 9.97 Å². The van der Waals surface area contributed by atoms with Crippen LogP contribution in [0.4, 0.5) is 10.1 Å². The van der Waals surface area contributed by atoms with Gasteiger partial charge in [0.15, 0.2) is 5.82 Å². The third-order valence-corrected chi connectivity index (χ3v) is 3.94. The minimum atomic E-state index is -0.493. The van der Waals surface area contributed by atoms with Crippen molar-refractivity contribution >= 4 is 47.6 Å². The monoisotopic (exact) mass is 410 g/mol. The number of rotatable bonds is 7. The SMILES string of the molecule is Cl.Cl.ON=Cc1nc(CCCCNc2ccnc3ccccc23)ccc1F. The third-order valence-electron chi connectivity index (χ3n) is 3.94. The summed E-state index contributed by atoms with van der Waals surface area (Å²) in [6, 6.07) is 13.0. The maximum absolute atomic E-state index is 13.4. The molecule has 0 saturated heterocycles. The zero-order chi connectivity index (χ0) is 17.5. The van der Waals surface area contributed by atoms with E-state index in [4.69, 9.17) is 5.21 Å². The molecule has 0 saturated carbocycles. The van der Waals surface area contributed by atoms with Crippen LogP contribution in [0.2, 0.25) is 0 Å². The average molecular weight is 411 g/mol. The van der Waals surface area contributed by atoms with Crippen LogP contribution in [0.5, 0.6) is 0 Å². The Balaban J connectivity index is 0.00000182. The van der Waals surface area contributed by atoms with Crippen molar-refractivity contribution in [1.29, 1.82) is 0 Å². The predicted molar refractivity (Wildman–Crippen MR) is 111 cm³/mol. The first-order valence-corrected chi connectivity index (χ1v) is 8.18. The Bertz CT molecular complexity index is 887. The van der Waals surface area contributed by atoms with Crippen molar-refractivity contribution in [3.05, 3.63) is 65.9 Å². The standard InChI is InChI=1S/C19H19FN4O.2ClH/c20-16-9-8-14(24-19(16)13-23-25)5-3-4-11-21-18-10-12-22-17-7-2-1-6-15(17)18;;/h1-2,6-10,12-13,25H,3-5,11H2,(H,21,22);2*1H. The number of nitrogens with zero attached hydrogens (tertiary/aromatic N) is 3. The van der Waals surface area contributed by atoms with Crippen LogP contribution in [-0.2, 0) is 6.42 Å². The molecule has 0 radical (unpaired) electrons. The molecule has 0 bridgehead atoms. The van der Waals surface area contributed by atoms with Crippen molar-refractivity contribution in [3.63, 3.8) is 0 Å². The quantitative estimate of drug-likeness (QED) is 0.252. The fraction of sp³-hybridized carbons (Fsp3) is 0.211. The summed E-state index contributed by atoms with van der Waals surface area (Å²) in [6.45, 7) is 0.833. The Morgan fingerprint density at radius 1 is 1.07 bits per heavy atom. The molecule has 0 aliphatic rings. The van der Waals surface area contributed by atoms with Crippen LogP contribution in [0.1, 0.15) is 24.2 Å². The number of oxime groups is 1. The molecule has 2 heterocycles. The summed E-state index contributed by atoms with van der Waals surface area (Å²) in [5, 5.41) is 15.9. The molecule has 8 heteroatoms. The molecule has 0 unspecified atom stereocenters. The van der Waals surface area contributed by atoms with Gasteiger partial charge in [-0.05, 0) is 43.5 Å². The molecule has 27 heavy (non-hydrogen) atoms. The van der Waals surface area contributed by atoms with Crippen LogP contribution in [0.25, 0.3) is 10.9 Å². The van der Waals surface area contributed by atoms with Crippen LogP contribution in [0.15, 0.2) is 53.8 Å². The summed E-state index contributed by atoms with van der Waals surface area (Å²) in [5.74, 6) is -0.493. The first kappa shape index (κ1) is 22.6. The largest absolute Gasteiger partial charge is 0.411 e. The Hall–Kier alpha value is -2.44. The van der Waals surface area contributed by atoms with Gasteiger partial charge in [0.25, 0.3) is 0 Å². The van der Waals surface area contributed by atoms with Gasteiger partial charge < -0.3 is 10.5 Å². The molecule has 2 aromatic heterocycles. The summed E-state index contributed by atoms with van der Waals surface area (Å²) < 4.78 is 13.4. The molecule has 0 aliphatic heterocycles. The van der Waals surface area contributed by atoms with Gasteiger partial charge >= 0.3 is 0 Å². The Labute approximate surface area is 169 Å². The molecular weight excluding hydrogens is 390 g/mol. The normalized spacial score (nSPS) is 10.4. The number of pyridine rings is 2. The second kappa shape index (κ2) is 11.3. The molecule has 0 spiro atoms. The van der Waals surface area contributed by atoms with E-state index in [-0.39, 0.29) is 30.5 Å². The van der Waals surface area contributed by atoms with E-state index in [9.17, 15) is 4.39 Å². The lowest BCUT2D eigenvalue weighted by Crippen LogP contribution is -2.04. The van der Waals surface area contributed by atoms with Gasteiger partial charge in [0.2, 0.25) is 0 Å². The Kier molecular flexibility index (Phi) is 9.47. The highest BCUT2D eigenvalue weighted by atomic mass is 35.5. The lowest BCUT2D eigenvalue weighted by Gasteiger charge is -2.09. The molecule has 0 atom stereocenters. The predicted octanol–water partition coefficient (Wildman–Crippen LogP) is 4.86. The topological polar surface area (TPSA) is 70.4 Å². The van der Waals surface area contributed by atoms with Crippen LogP contribution < -0.4 is 5.32 Å². The zero-order valence-electron chi connectivity index (χ0n) is 14.5. The van der Waals surface area contributed by atoms with E-state index in [1.54, 1.807) is 12.3 Å². The van der Waals surface area contributed by atoms with E-state index in [1.165, 1.54) is 6.07 Å². The number of hydrogen-bond donors (Lipinski definition) is 2. The number of nitrogens with one attached hydrogen (secondary N) is 1. The molecular formula is C19H21Cl2FN4O. The number of anilines is 1.